The second-order valence-corrected chi connectivity index (χ2v) is 6.35. The van der Waals surface area contributed by atoms with Crippen molar-refractivity contribution >= 4 is 23.5 Å². The first-order valence-corrected chi connectivity index (χ1v) is 9.18. The van der Waals surface area contributed by atoms with Crippen molar-refractivity contribution in [1.29, 1.82) is 0 Å². The van der Waals surface area contributed by atoms with Crippen LogP contribution >= 0.6 is 0 Å². The highest BCUT2D eigenvalue weighted by atomic mass is 16.5. The molecule has 1 amide bonds. The Balaban J connectivity index is 2.06. The number of guanidine groups is 1. The quantitative estimate of drug-likeness (QED) is 0.331. The normalized spacial score (nSPS) is 11.4. The van der Waals surface area contributed by atoms with E-state index in [1.807, 2.05) is 25.7 Å². The molecule has 2 aromatic carbocycles. The maximum atomic E-state index is 12.6. The summed E-state index contributed by atoms with van der Waals surface area (Å²) in [6.07, 6.45) is 0.886. The summed E-state index contributed by atoms with van der Waals surface area (Å²) in [7, 11) is 0. The molecule has 2 rings (SSSR count). The summed E-state index contributed by atoms with van der Waals surface area (Å²) in [4.78, 5) is 30.6. The van der Waals surface area contributed by atoms with E-state index >= 15 is 0 Å². The number of nitrogens with zero attached hydrogens (tertiary/aromatic N) is 2. The lowest BCUT2D eigenvalue weighted by atomic mass is 10.1. The van der Waals surface area contributed by atoms with Gasteiger partial charge in [0.15, 0.2) is 5.96 Å². The second-order valence-electron chi connectivity index (χ2n) is 6.35. The second kappa shape index (κ2) is 9.55. The van der Waals surface area contributed by atoms with Gasteiger partial charge in [-0.3, -0.25) is 4.79 Å². The third-order valence-corrected chi connectivity index (χ3v) is 4.40. The molecule has 0 saturated heterocycles. The number of ether oxygens (including phenoxy) is 1. The van der Waals surface area contributed by atoms with Crippen LogP contribution in [-0.4, -0.2) is 35.3 Å². The van der Waals surface area contributed by atoms with Crippen molar-refractivity contribution in [3.63, 3.8) is 0 Å². The smallest absolute Gasteiger partial charge is 0.343 e. The lowest BCUT2D eigenvalue weighted by molar-refractivity contribution is 0.0699. The van der Waals surface area contributed by atoms with E-state index in [1.54, 1.807) is 48.5 Å². The number of carbonyl (C=O) groups is 2. The van der Waals surface area contributed by atoms with Crippen LogP contribution in [0.2, 0.25) is 0 Å². The summed E-state index contributed by atoms with van der Waals surface area (Å²) in [5, 5.41) is 0. The first-order valence-electron chi connectivity index (χ1n) is 9.18. The van der Waals surface area contributed by atoms with E-state index in [0.29, 0.717) is 29.1 Å². The minimum Gasteiger partial charge on any atom is -0.423 e. The maximum absolute atomic E-state index is 12.6. The minimum absolute atomic E-state index is 0.0370. The van der Waals surface area contributed by atoms with Crippen LogP contribution in [0.3, 0.4) is 0 Å². The standard InChI is InChI=1S/C21H26N4O3/c1-4-14(3)25(5-2)19(26)15-8-12-18(13-9-15)28-20(27)16-6-10-17(11-7-16)24-21(22)23/h6-14H,4-5H2,1-3H3,(H4,22,23,24). The van der Waals surface area contributed by atoms with Gasteiger partial charge in [0.2, 0.25) is 0 Å². The molecule has 0 fully saturated rings. The Morgan fingerprint density at radius 3 is 2.07 bits per heavy atom. The summed E-state index contributed by atoms with van der Waals surface area (Å²) in [5.41, 5.74) is 12.1. The molecule has 7 nitrogen and oxygen atoms in total. The fraction of sp³-hybridized carbons (Fsp3) is 0.286. The lowest BCUT2D eigenvalue weighted by Crippen LogP contribution is -2.38. The summed E-state index contributed by atoms with van der Waals surface area (Å²) in [5.74, 6) is -0.239. The highest BCUT2D eigenvalue weighted by Gasteiger charge is 2.19. The SMILES string of the molecule is CCC(C)N(CC)C(=O)c1ccc(OC(=O)c2ccc(N=C(N)N)cc2)cc1. The summed E-state index contributed by atoms with van der Waals surface area (Å²) in [6, 6.07) is 13.1. The highest BCUT2D eigenvalue weighted by molar-refractivity contribution is 5.95. The van der Waals surface area contributed by atoms with Crippen LogP contribution in [-0.2, 0) is 0 Å². The molecule has 0 aromatic heterocycles. The summed E-state index contributed by atoms with van der Waals surface area (Å²) < 4.78 is 5.36. The number of rotatable bonds is 7. The number of amides is 1. The van der Waals surface area contributed by atoms with E-state index in [1.165, 1.54) is 0 Å². The van der Waals surface area contributed by atoms with Gasteiger partial charge in [-0.15, -0.1) is 0 Å². The molecule has 2 aromatic rings. The van der Waals surface area contributed by atoms with Crippen LogP contribution in [0.15, 0.2) is 53.5 Å². The van der Waals surface area contributed by atoms with Gasteiger partial charge in [-0.05, 0) is 68.8 Å². The number of nitrogens with two attached hydrogens (primary N) is 2. The number of benzene rings is 2. The fourth-order valence-electron chi connectivity index (χ4n) is 2.69. The van der Waals surface area contributed by atoms with E-state index in [4.69, 9.17) is 16.2 Å². The number of hydrogen-bond acceptors (Lipinski definition) is 4. The zero-order chi connectivity index (χ0) is 20.7. The van der Waals surface area contributed by atoms with Crippen LogP contribution in [0.1, 0.15) is 47.9 Å². The van der Waals surface area contributed by atoms with E-state index in [9.17, 15) is 9.59 Å². The van der Waals surface area contributed by atoms with Gasteiger partial charge in [-0.1, -0.05) is 6.92 Å². The van der Waals surface area contributed by atoms with Crippen LogP contribution in [0.5, 0.6) is 5.75 Å². The van der Waals surface area contributed by atoms with Crippen molar-refractivity contribution in [2.24, 2.45) is 16.5 Å². The molecule has 4 N–H and O–H groups in total. The predicted molar refractivity (Wildman–Crippen MR) is 110 cm³/mol. The van der Waals surface area contributed by atoms with Crippen molar-refractivity contribution in [2.75, 3.05) is 6.54 Å². The van der Waals surface area contributed by atoms with Gasteiger partial charge >= 0.3 is 5.97 Å². The maximum Gasteiger partial charge on any atom is 0.343 e. The van der Waals surface area contributed by atoms with Gasteiger partial charge in [0.25, 0.3) is 5.91 Å². The molecule has 0 bridgehead atoms. The van der Waals surface area contributed by atoms with E-state index < -0.39 is 5.97 Å². The molecule has 0 radical (unpaired) electrons. The van der Waals surface area contributed by atoms with E-state index in [2.05, 4.69) is 4.99 Å². The lowest BCUT2D eigenvalue weighted by Gasteiger charge is -2.27. The molecule has 0 spiro atoms. The molecule has 0 heterocycles. The van der Waals surface area contributed by atoms with Gasteiger partial charge in [0, 0.05) is 18.2 Å². The Labute approximate surface area is 165 Å². The number of aliphatic imine (C=N–C) groups is 1. The zero-order valence-electron chi connectivity index (χ0n) is 16.4. The largest absolute Gasteiger partial charge is 0.423 e. The first kappa shape index (κ1) is 21.0. The molecule has 0 aliphatic rings. The van der Waals surface area contributed by atoms with Crippen molar-refractivity contribution in [3.05, 3.63) is 59.7 Å². The van der Waals surface area contributed by atoms with Crippen LogP contribution < -0.4 is 16.2 Å². The highest BCUT2D eigenvalue weighted by Crippen LogP contribution is 2.18. The average molecular weight is 382 g/mol. The molecule has 1 unspecified atom stereocenters. The number of carbonyl (C=O) groups excluding carboxylic acids is 2. The Kier molecular flexibility index (Phi) is 7.14. The molecule has 7 heteroatoms. The zero-order valence-corrected chi connectivity index (χ0v) is 16.4. The summed E-state index contributed by atoms with van der Waals surface area (Å²) in [6.45, 7) is 6.67. The van der Waals surface area contributed by atoms with Crippen LogP contribution in [0, 0.1) is 0 Å². The average Bonchev–Trinajstić information content (AvgIpc) is 2.68. The van der Waals surface area contributed by atoms with Crippen molar-refractivity contribution < 1.29 is 14.3 Å². The molecule has 0 aliphatic carbocycles. The van der Waals surface area contributed by atoms with Gasteiger partial charge in [-0.2, -0.15) is 0 Å². The molecule has 148 valence electrons. The molecule has 0 saturated carbocycles. The third-order valence-electron chi connectivity index (χ3n) is 4.40. The molecular weight excluding hydrogens is 356 g/mol. The van der Waals surface area contributed by atoms with Gasteiger partial charge in [0.1, 0.15) is 5.75 Å². The molecular formula is C21H26N4O3. The topological polar surface area (TPSA) is 111 Å². The molecule has 0 aliphatic heterocycles. The molecule has 1 atom stereocenters. The fourth-order valence-corrected chi connectivity index (χ4v) is 2.69. The third kappa shape index (κ3) is 5.33. The van der Waals surface area contributed by atoms with Crippen molar-refractivity contribution in [3.8, 4) is 5.75 Å². The van der Waals surface area contributed by atoms with Gasteiger partial charge in [0.05, 0.1) is 11.3 Å². The van der Waals surface area contributed by atoms with E-state index in [0.717, 1.165) is 6.42 Å². The Hall–Kier alpha value is -3.35. The number of hydrogen-bond donors (Lipinski definition) is 2. The predicted octanol–water partition coefficient (Wildman–Crippen LogP) is 3.07. The van der Waals surface area contributed by atoms with Gasteiger partial charge in [-0.25, -0.2) is 9.79 Å². The van der Waals surface area contributed by atoms with Crippen LogP contribution in [0.25, 0.3) is 0 Å². The Morgan fingerprint density at radius 2 is 1.57 bits per heavy atom. The minimum atomic E-state index is -0.509. The van der Waals surface area contributed by atoms with Gasteiger partial charge < -0.3 is 21.1 Å². The monoisotopic (exact) mass is 382 g/mol. The van der Waals surface area contributed by atoms with Crippen LogP contribution in [0.4, 0.5) is 5.69 Å². The Morgan fingerprint density at radius 1 is 1.00 bits per heavy atom. The Bertz CT molecular complexity index is 841. The number of esters is 1. The van der Waals surface area contributed by atoms with Crippen molar-refractivity contribution in [2.45, 2.75) is 33.2 Å². The van der Waals surface area contributed by atoms with Crippen molar-refractivity contribution in [1.82, 2.24) is 4.90 Å². The summed E-state index contributed by atoms with van der Waals surface area (Å²) >= 11 is 0. The first-order chi connectivity index (χ1) is 13.3. The molecule has 28 heavy (non-hydrogen) atoms. The van der Waals surface area contributed by atoms with E-state index in [-0.39, 0.29) is 17.9 Å².